The number of aryl methyl sites for hydroxylation is 1. The fourth-order valence-electron chi connectivity index (χ4n) is 1.65. The van der Waals surface area contributed by atoms with Gasteiger partial charge < -0.3 is 15.4 Å². The molecule has 2 N–H and O–H groups in total. The first-order chi connectivity index (χ1) is 8.36. The van der Waals surface area contributed by atoms with Gasteiger partial charge in [0.2, 0.25) is 0 Å². The van der Waals surface area contributed by atoms with Gasteiger partial charge in [-0.05, 0) is 44.9 Å². The lowest BCUT2D eigenvalue weighted by atomic mass is 10.1. The summed E-state index contributed by atoms with van der Waals surface area (Å²) in [6, 6.07) is 1.60. The standard InChI is InChI=1S/C13H19ClN2O2/c1-7(2)15-13(17)16-12-9(4)11(14)8(3)6-10(12)18-5/h6-7H,1-5H3,(H2,15,16,17). The summed E-state index contributed by atoms with van der Waals surface area (Å²) < 4.78 is 5.27. The normalized spacial score (nSPS) is 10.4. The van der Waals surface area contributed by atoms with Crippen LogP contribution >= 0.6 is 11.6 Å². The zero-order valence-corrected chi connectivity index (χ0v) is 12.1. The molecular formula is C13H19ClN2O2. The summed E-state index contributed by atoms with van der Waals surface area (Å²) in [7, 11) is 1.56. The smallest absolute Gasteiger partial charge is 0.319 e. The van der Waals surface area contributed by atoms with E-state index in [2.05, 4.69) is 10.6 Å². The van der Waals surface area contributed by atoms with Gasteiger partial charge in [0, 0.05) is 11.1 Å². The minimum absolute atomic E-state index is 0.0669. The van der Waals surface area contributed by atoms with Crippen molar-refractivity contribution < 1.29 is 9.53 Å². The summed E-state index contributed by atoms with van der Waals surface area (Å²) in [6.45, 7) is 7.54. The fraction of sp³-hybridized carbons (Fsp3) is 0.462. The molecule has 1 rings (SSSR count). The molecule has 0 fully saturated rings. The number of urea groups is 1. The van der Waals surface area contributed by atoms with Crippen LogP contribution in [0.1, 0.15) is 25.0 Å². The monoisotopic (exact) mass is 270 g/mol. The van der Waals surface area contributed by atoms with Gasteiger partial charge in [-0.1, -0.05) is 11.6 Å². The van der Waals surface area contributed by atoms with Crippen LogP contribution in [0.25, 0.3) is 0 Å². The minimum Gasteiger partial charge on any atom is -0.495 e. The van der Waals surface area contributed by atoms with Gasteiger partial charge in [-0.3, -0.25) is 0 Å². The van der Waals surface area contributed by atoms with Crippen molar-refractivity contribution >= 4 is 23.3 Å². The number of rotatable bonds is 3. The van der Waals surface area contributed by atoms with E-state index in [9.17, 15) is 4.79 Å². The number of nitrogens with one attached hydrogen (secondary N) is 2. The Balaban J connectivity index is 3.07. The van der Waals surface area contributed by atoms with Gasteiger partial charge in [-0.25, -0.2) is 4.79 Å². The molecule has 18 heavy (non-hydrogen) atoms. The lowest BCUT2D eigenvalue weighted by Crippen LogP contribution is -2.34. The molecule has 0 atom stereocenters. The van der Waals surface area contributed by atoms with Gasteiger partial charge in [0.1, 0.15) is 5.75 Å². The number of benzene rings is 1. The zero-order valence-electron chi connectivity index (χ0n) is 11.3. The summed E-state index contributed by atoms with van der Waals surface area (Å²) >= 11 is 6.17. The lowest BCUT2D eigenvalue weighted by Gasteiger charge is -2.17. The number of ether oxygens (including phenoxy) is 1. The molecule has 0 unspecified atom stereocenters. The Morgan fingerprint density at radius 1 is 1.39 bits per heavy atom. The van der Waals surface area contributed by atoms with Crippen LogP contribution in [0.3, 0.4) is 0 Å². The Bertz CT molecular complexity index is 459. The van der Waals surface area contributed by atoms with E-state index in [1.807, 2.05) is 27.7 Å². The number of carbonyl (C=O) groups excluding carboxylic acids is 1. The summed E-state index contributed by atoms with van der Waals surface area (Å²) in [5.41, 5.74) is 2.32. The van der Waals surface area contributed by atoms with Gasteiger partial charge in [0.15, 0.2) is 0 Å². The number of hydrogen-bond acceptors (Lipinski definition) is 2. The second-order valence-electron chi connectivity index (χ2n) is 4.46. The molecule has 0 aliphatic heterocycles. The Labute approximate surface area is 113 Å². The van der Waals surface area contributed by atoms with Crippen molar-refractivity contribution in [3.05, 3.63) is 22.2 Å². The summed E-state index contributed by atoms with van der Waals surface area (Å²) in [4.78, 5) is 11.7. The highest BCUT2D eigenvalue weighted by Crippen LogP contribution is 2.35. The topological polar surface area (TPSA) is 50.4 Å². The predicted octanol–water partition coefficient (Wildman–Crippen LogP) is 3.50. The highest BCUT2D eigenvalue weighted by atomic mass is 35.5. The molecule has 0 aliphatic rings. The Hall–Kier alpha value is -1.42. The number of amides is 2. The van der Waals surface area contributed by atoms with E-state index in [1.165, 1.54) is 0 Å². The third-order valence-corrected chi connectivity index (χ3v) is 3.10. The predicted molar refractivity (Wildman–Crippen MR) is 74.8 cm³/mol. The van der Waals surface area contributed by atoms with Crippen LogP contribution in [0.5, 0.6) is 5.75 Å². The van der Waals surface area contributed by atoms with E-state index >= 15 is 0 Å². The second-order valence-corrected chi connectivity index (χ2v) is 4.84. The summed E-state index contributed by atoms with van der Waals surface area (Å²) in [5, 5.41) is 6.16. The van der Waals surface area contributed by atoms with E-state index in [1.54, 1.807) is 13.2 Å². The highest BCUT2D eigenvalue weighted by molar-refractivity contribution is 6.32. The maximum Gasteiger partial charge on any atom is 0.319 e. The number of anilines is 1. The quantitative estimate of drug-likeness (QED) is 0.883. The van der Waals surface area contributed by atoms with Gasteiger partial charge >= 0.3 is 6.03 Å². The van der Waals surface area contributed by atoms with Crippen molar-refractivity contribution in [3.8, 4) is 5.75 Å². The van der Waals surface area contributed by atoms with Crippen LogP contribution < -0.4 is 15.4 Å². The zero-order chi connectivity index (χ0) is 13.9. The maximum atomic E-state index is 11.7. The van der Waals surface area contributed by atoms with Gasteiger partial charge in [0.25, 0.3) is 0 Å². The van der Waals surface area contributed by atoms with Crippen LogP contribution in [-0.2, 0) is 0 Å². The SMILES string of the molecule is COc1cc(C)c(Cl)c(C)c1NC(=O)NC(C)C. The van der Waals surface area contributed by atoms with E-state index in [0.717, 1.165) is 11.1 Å². The van der Waals surface area contributed by atoms with Gasteiger partial charge in [0.05, 0.1) is 12.8 Å². The molecule has 0 bridgehead atoms. The van der Waals surface area contributed by atoms with Gasteiger partial charge in [-0.2, -0.15) is 0 Å². The molecule has 0 aliphatic carbocycles. The van der Waals surface area contributed by atoms with Crippen LogP contribution in [-0.4, -0.2) is 19.2 Å². The minimum atomic E-state index is -0.272. The number of carbonyl (C=O) groups is 1. The third-order valence-electron chi connectivity index (χ3n) is 2.52. The van der Waals surface area contributed by atoms with Crippen LogP contribution in [0.4, 0.5) is 10.5 Å². The maximum absolute atomic E-state index is 11.7. The third kappa shape index (κ3) is 3.29. The molecule has 0 saturated heterocycles. The lowest BCUT2D eigenvalue weighted by molar-refractivity contribution is 0.250. The van der Waals surface area contributed by atoms with Crippen LogP contribution in [0.2, 0.25) is 5.02 Å². The van der Waals surface area contributed by atoms with E-state index in [4.69, 9.17) is 16.3 Å². The molecule has 1 aromatic carbocycles. The molecule has 0 spiro atoms. The number of hydrogen-bond donors (Lipinski definition) is 2. The molecular weight excluding hydrogens is 252 g/mol. The fourth-order valence-corrected chi connectivity index (χ4v) is 1.80. The van der Waals surface area contributed by atoms with Crippen LogP contribution in [0.15, 0.2) is 6.07 Å². The first-order valence-corrected chi connectivity index (χ1v) is 6.15. The molecule has 1 aromatic rings. The van der Waals surface area contributed by atoms with Crippen molar-refractivity contribution in [3.63, 3.8) is 0 Å². The Morgan fingerprint density at radius 2 is 2.00 bits per heavy atom. The first-order valence-electron chi connectivity index (χ1n) is 5.78. The van der Waals surface area contributed by atoms with Crippen molar-refractivity contribution in [1.29, 1.82) is 0 Å². The van der Waals surface area contributed by atoms with Crippen molar-refractivity contribution in [2.45, 2.75) is 33.7 Å². The highest BCUT2D eigenvalue weighted by Gasteiger charge is 2.15. The summed E-state index contributed by atoms with van der Waals surface area (Å²) in [6.07, 6.45) is 0. The van der Waals surface area contributed by atoms with Crippen molar-refractivity contribution in [1.82, 2.24) is 5.32 Å². The molecule has 0 heterocycles. The van der Waals surface area contributed by atoms with Gasteiger partial charge in [-0.15, -0.1) is 0 Å². The average Bonchev–Trinajstić information content (AvgIpc) is 2.28. The molecule has 0 saturated carbocycles. The largest absolute Gasteiger partial charge is 0.495 e. The van der Waals surface area contributed by atoms with E-state index in [0.29, 0.717) is 16.5 Å². The van der Waals surface area contributed by atoms with E-state index in [-0.39, 0.29) is 12.1 Å². The molecule has 4 nitrogen and oxygen atoms in total. The number of halogens is 1. The molecule has 0 radical (unpaired) electrons. The average molecular weight is 271 g/mol. The number of methoxy groups -OCH3 is 1. The molecule has 5 heteroatoms. The summed E-state index contributed by atoms with van der Waals surface area (Å²) in [5.74, 6) is 0.605. The molecule has 0 aromatic heterocycles. The Kier molecular flexibility index (Phi) is 4.84. The molecule has 2 amide bonds. The first kappa shape index (κ1) is 14.6. The van der Waals surface area contributed by atoms with Crippen molar-refractivity contribution in [2.24, 2.45) is 0 Å². The Morgan fingerprint density at radius 3 is 2.50 bits per heavy atom. The van der Waals surface area contributed by atoms with Crippen molar-refractivity contribution in [2.75, 3.05) is 12.4 Å². The van der Waals surface area contributed by atoms with Crippen LogP contribution in [0, 0.1) is 13.8 Å². The van der Waals surface area contributed by atoms with E-state index < -0.39 is 0 Å². The second kappa shape index (κ2) is 5.96. The molecule has 100 valence electrons.